The number of hydrogen-bond acceptors (Lipinski definition) is 3. The number of aromatic amines is 1. The highest BCUT2D eigenvalue weighted by Gasteiger charge is 2.06. The standard InChI is InChI=1S/C18H19N3O2/c1-23-14-7-8-15-16(12-14)21-17(20-15)9-10-19-18(22)11-13-5-3-2-4-6-13/h2-8,12H,9-11H2,1H3,(H,19,22)(H,20,21). The van der Waals surface area contributed by atoms with Crippen LogP contribution in [0.5, 0.6) is 5.75 Å². The van der Waals surface area contributed by atoms with E-state index >= 15 is 0 Å². The smallest absolute Gasteiger partial charge is 0.224 e. The number of nitrogens with zero attached hydrogens (tertiary/aromatic N) is 1. The molecule has 0 aliphatic heterocycles. The van der Waals surface area contributed by atoms with Gasteiger partial charge in [0.15, 0.2) is 0 Å². The number of amides is 1. The molecule has 1 aromatic heterocycles. The van der Waals surface area contributed by atoms with Gasteiger partial charge in [-0.2, -0.15) is 0 Å². The van der Waals surface area contributed by atoms with Gasteiger partial charge >= 0.3 is 0 Å². The molecule has 118 valence electrons. The quantitative estimate of drug-likeness (QED) is 0.735. The van der Waals surface area contributed by atoms with Crippen molar-refractivity contribution < 1.29 is 9.53 Å². The number of carbonyl (C=O) groups is 1. The fourth-order valence-corrected chi connectivity index (χ4v) is 2.45. The van der Waals surface area contributed by atoms with Crippen LogP contribution < -0.4 is 10.1 Å². The molecule has 0 saturated carbocycles. The van der Waals surface area contributed by atoms with E-state index in [4.69, 9.17) is 4.74 Å². The van der Waals surface area contributed by atoms with Crippen LogP contribution in [-0.2, 0) is 17.6 Å². The van der Waals surface area contributed by atoms with Crippen molar-refractivity contribution in [3.05, 3.63) is 59.9 Å². The summed E-state index contributed by atoms with van der Waals surface area (Å²) in [7, 11) is 1.64. The predicted molar refractivity (Wildman–Crippen MR) is 89.5 cm³/mol. The number of imidazole rings is 1. The van der Waals surface area contributed by atoms with Crippen LogP contribution in [0.4, 0.5) is 0 Å². The van der Waals surface area contributed by atoms with E-state index in [1.54, 1.807) is 7.11 Å². The zero-order valence-corrected chi connectivity index (χ0v) is 13.0. The molecule has 5 nitrogen and oxygen atoms in total. The molecule has 0 aliphatic rings. The van der Waals surface area contributed by atoms with Crippen molar-refractivity contribution in [2.75, 3.05) is 13.7 Å². The van der Waals surface area contributed by atoms with E-state index in [0.29, 0.717) is 19.4 Å². The molecule has 1 amide bonds. The van der Waals surface area contributed by atoms with Gasteiger partial charge in [0.25, 0.3) is 0 Å². The van der Waals surface area contributed by atoms with Crippen LogP contribution in [0.2, 0.25) is 0 Å². The molecule has 0 unspecified atom stereocenters. The van der Waals surface area contributed by atoms with Gasteiger partial charge < -0.3 is 15.0 Å². The summed E-state index contributed by atoms with van der Waals surface area (Å²) in [6.07, 6.45) is 1.07. The van der Waals surface area contributed by atoms with Crippen LogP contribution in [0.3, 0.4) is 0 Å². The second-order valence-electron chi connectivity index (χ2n) is 5.33. The lowest BCUT2D eigenvalue weighted by molar-refractivity contribution is -0.120. The number of rotatable bonds is 6. The molecule has 2 N–H and O–H groups in total. The van der Waals surface area contributed by atoms with E-state index < -0.39 is 0 Å². The van der Waals surface area contributed by atoms with Gasteiger partial charge in [0.1, 0.15) is 11.6 Å². The maximum Gasteiger partial charge on any atom is 0.224 e. The first-order valence-electron chi connectivity index (χ1n) is 7.58. The molecule has 23 heavy (non-hydrogen) atoms. The van der Waals surface area contributed by atoms with Gasteiger partial charge in [-0.05, 0) is 17.7 Å². The Morgan fingerprint density at radius 3 is 2.83 bits per heavy atom. The topological polar surface area (TPSA) is 67.0 Å². The number of methoxy groups -OCH3 is 1. The Kier molecular flexibility index (Phi) is 4.57. The van der Waals surface area contributed by atoms with Crippen LogP contribution >= 0.6 is 0 Å². The van der Waals surface area contributed by atoms with Gasteiger partial charge in [0, 0.05) is 19.0 Å². The molecule has 2 aromatic carbocycles. The van der Waals surface area contributed by atoms with Crippen LogP contribution in [-0.4, -0.2) is 29.5 Å². The maximum absolute atomic E-state index is 11.9. The third kappa shape index (κ3) is 3.88. The van der Waals surface area contributed by atoms with Crippen molar-refractivity contribution in [2.45, 2.75) is 12.8 Å². The van der Waals surface area contributed by atoms with Crippen molar-refractivity contribution in [1.82, 2.24) is 15.3 Å². The third-order valence-corrected chi connectivity index (χ3v) is 3.63. The van der Waals surface area contributed by atoms with Crippen LogP contribution in [0, 0.1) is 0 Å². The summed E-state index contributed by atoms with van der Waals surface area (Å²) in [6, 6.07) is 15.4. The third-order valence-electron chi connectivity index (χ3n) is 3.63. The zero-order valence-electron chi connectivity index (χ0n) is 13.0. The Morgan fingerprint density at radius 1 is 1.22 bits per heavy atom. The molecule has 0 spiro atoms. The van der Waals surface area contributed by atoms with E-state index in [2.05, 4.69) is 15.3 Å². The van der Waals surface area contributed by atoms with Gasteiger partial charge in [-0.1, -0.05) is 30.3 Å². The molecule has 0 saturated heterocycles. The summed E-state index contributed by atoms with van der Waals surface area (Å²) in [5, 5.41) is 2.92. The highest BCUT2D eigenvalue weighted by Crippen LogP contribution is 2.18. The largest absolute Gasteiger partial charge is 0.497 e. The Morgan fingerprint density at radius 2 is 2.04 bits per heavy atom. The second kappa shape index (κ2) is 6.96. The summed E-state index contributed by atoms with van der Waals surface area (Å²) in [6.45, 7) is 0.558. The van der Waals surface area contributed by atoms with Gasteiger partial charge in [0.2, 0.25) is 5.91 Å². The molecule has 0 atom stereocenters. The van der Waals surface area contributed by atoms with Crippen molar-refractivity contribution in [3.8, 4) is 5.75 Å². The van der Waals surface area contributed by atoms with Crippen molar-refractivity contribution in [2.24, 2.45) is 0 Å². The molecular formula is C18H19N3O2. The van der Waals surface area contributed by atoms with Gasteiger partial charge in [-0.3, -0.25) is 4.79 Å². The normalized spacial score (nSPS) is 10.7. The number of fused-ring (bicyclic) bond motifs is 1. The SMILES string of the molecule is COc1ccc2nc(CCNC(=O)Cc3ccccc3)[nH]c2c1. The minimum atomic E-state index is 0.0222. The van der Waals surface area contributed by atoms with Gasteiger partial charge in [-0.15, -0.1) is 0 Å². The van der Waals surface area contributed by atoms with Crippen LogP contribution in [0.25, 0.3) is 11.0 Å². The Labute approximate surface area is 134 Å². The van der Waals surface area contributed by atoms with Crippen molar-refractivity contribution in [3.63, 3.8) is 0 Å². The molecule has 0 fully saturated rings. The highest BCUT2D eigenvalue weighted by molar-refractivity contribution is 5.78. The zero-order chi connectivity index (χ0) is 16.1. The van der Waals surface area contributed by atoms with Gasteiger partial charge in [-0.25, -0.2) is 4.98 Å². The number of benzene rings is 2. The molecule has 3 aromatic rings. The number of carbonyl (C=O) groups excluding carboxylic acids is 1. The summed E-state index contributed by atoms with van der Waals surface area (Å²) < 4.78 is 5.20. The fourth-order valence-electron chi connectivity index (χ4n) is 2.45. The highest BCUT2D eigenvalue weighted by atomic mass is 16.5. The Hall–Kier alpha value is -2.82. The molecular weight excluding hydrogens is 290 g/mol. The summed E-state index contributed by atoms with van der Waals surface area (Å²) >= 11 is 0. The predicted octanol–water partition coefficient (Wildman–Crippen LogP) is 2.47. The fraction of sp³-hybridized carbons (Fsp3) is 0.222. The Balaban J connectivity index is 1.53. The van der Waals surface area contributed by atoms with E-state index in [1.807, 2.05) is 48.5 Å². The van der Waals surface area contributed by atoms with E-state index in [1.165, 1.54) is 0 Å². The van der Waals surface area contributed by atoms with Crippen molar-refractivity contribution in [1.29, 1.82) is 0 Å². The number of nitrogens with one attached hydrogen (secondary N) is 2. The number of H-pyrrole nitrogens is 1. The van der Waals surface area contributed by atoms with Gasteiger partial charge in [0.05, 0.1) is 24.6 Å². The molecule has 5 heteroatoms. The molecule has 0 radical (unpaired) electrons. The minimum absolute atomic E-state index is 0.0222. The number of ether oxygens (including phenoxy) is 1. The van der Waals surface area contributed by atoms with E-state index in [0.717, 1.165) is 28.2 Å². The molecule has 0 aliphatic carbocycles. The maximum atomic E-state index is 11.9. The van der Waals surface area contributed by atoms with Crippen LogP contribution in [0.1, 0.15) is 11.4 Å². The lowest BCUT2D eigenvalue weighted by atomic mass is 10.1. The summed E-state index contributed by atoms with van der Waals surface area (Å²) in [5.74, 6) is 1.67. The van der Waals surface area contributed by atoms with Crippen LogP contribution in [0.15, 0.2) is 48.5 Å². The Bertz CT molecular complexity index is 796. The number of hydrogen-bond donors (Lipinski definition) is 2. The summed E-state index contributed by atoms with van der Waals surface area (Å²) in [5.41, 5.74) is 2.85. The van der Waals surface area contributed by atoms with E-state index in [-0.39, 0.29) is 5.91 Å². The second-order valence-corrected chi connectivity index (χ2v) is 5.33. The number of aromatic nitrogens is 2. The average molecular weight is 309 g/mol. The first-order chi connectivity index (χ1) is 11.2. The average Bonchev–Trinajstić information content (AvgIpc) is 2.97. The lowest BCUT2D eigenvalue weighted by Crippen LogP contribution is -2.27. The first-order valence-corrected chi connectivity index (χ1v) is 7.58. The first kappa shape index (κ1) is 15.1. The molecule has 1 heterocycles. The van der Waals surface area contributed by atoms with Crippen molar-refractivity contribution >= 4 is 16.9 Å². The molecule has 3 rings (SSSR count). The lowest BCUT2D eigenvalue weighted by Gasteiger charge is -2.04. The summed E-state index contributed by atoms with van der Waals surface area (Å²) in [4.78, 5) is 19.7. The minimum Gasteiger partial charge on any atom is -0.497 e. The van der Waals surface area contributed by atoms with E-state index in [9.17, 15) is 4.79 Å². The monoisotopic (exact) mass is 309 g/mol. The molecule has 0 bridgehead atoms.